The van der Waals surface area contributed by atoms with E-state index in [4.69, 9.17) is 12.6 Å². The zero-order valence-corrected chi connectivity index (χ0v) is 17.3. The lowest BCUT2D eigenvalue weighted by atomic mass is 9.46. The summed E-state index contributed by atoms with van der Waals surface area (Å²) >= 11 is 9.17. The molecule has 1 N–H and O–H groups in total. The highest BCUT2D eigenvalue weighted by molar-refractivity contribution is 7.84. The largest absolute Gasteiger partial charge is 0.388 e. The molecule has 0 aromatic carbocycles. The van der Waals surface area contributed by atoms with Crippen molar-refractivity contribution in [3.8, 4) is 0 Å². The minimum atomic E-state index is -0.687. The molecular formula is C21H32O2S2. The summed E-state index contributed by atoms with van der Waals surface area (Å²) in [5.74, 6) is 2.90. The van der Waals surface area contributed by atoms with Crippen molar-refractivity contribution in [2.75, 3.05) is 5.75 Å². The van der Waals surface area contributed by atoms with Crippen molar-refractivity contribution in [1.29, 1.82) is 0 Å². The summed E-state index contributed by atoms with van der Waals surface area (Å²) in [6, 6.07) is 0. The van der Waals surface area contributed by atoms with Gasteiger partial charge in [-0.25, -0.2) is 0 Å². The highest BCUT2D eigenvalue weighted by atomic mass is 32.1. The van der Waals surface area contributed by atoms with Crippen molar-refractivity contribution in [2.45, 2.75) is 76.1 Å². The molecule has 0 saturated heterocycles. The predicted octanol–water partition coefficient (Wildman–Crippen LogP) is 4.48. The van der Waals surface area contributed by atoms with Crippen molar-refractivity contribution in [1.82, 2.24) is 0 Å². The van der Waals surface area contributed by atoms with Gasteiger partial charge in [0.05, 0.1) is 5.60 Å². The van der Waals surface area contributed by atoms with Crippen molar-refractivity contribution in [2.24, 2.45) is 28.6 Å². The van der Waals surface area contributed by atoms with E-state index >= 15 is 0 Å². The maximum absolute atomic E-state index is 11.9. The van der Waals surface area contributed by atoms with Crippen LogP contribution in [0.1, 0.15) is 65.2 Å². The summed E-state index contributed by atoms with van der Waals surface area (Å²) in [4.78, 5) is 11.9. The minimum Gasteiger partial charge on any atom is -0.388 e. The van der Waals surface area contributed by atoms with Gasteiger partial charge in [-0.05, 0) is 74.2 Å². The van der Waals surface area contributed by atoms with E-state index in [2.05, 4.69) is 26.5 Å². The topological polar surface area (TPSA) is 37.3 Å². The molecule has 0 bridgehead atoms. The summed E-state index contributed by atoms with van der Waals surface area (Å²) in [5, 5.41) is 11.5. The third kappa shape index (κ3) is 2.39. The standard InChI is InChI=1S/C21H32O2S2/c1-19-8-5-14(22)11-13(19)3-4-15-16(19)6-9-20(2)17(15)7-10-21(20,23)18(25)12-24/h11,15-18,23-25H,3-10,12H2,1-2H3/t15-,16-,17+,18?,19+,20+,21?/m1/s1. The molecule has 2 unspecified atom stereocenters. The van der Waals surface area contributed by atoms with Crippen molar-refractivity contribution >= 4 is 31.0 Å². The molecule has 0 radical (unpaired) electrons. The van der Waals surface area contributed by atoms with Gasteiger partial charge < -0.3 is 5.11 Å². The Morgan fingerprint density at radius 2 is 1.88 bits per heavy atom. The van der Waals surface area contributed by atoms with Crippen LogP contribution in [0.4, 0.5) is 0 Å². The van der Waals surface area contributed by atoms with Gasteiger partial charge in [-0.1, -0.05) is 19.4 Å². The van der Waals surface area contributed by atoms with Crippen LogP contribution in [0.15, 0.2) is 11.6 Å². The molecule has 0 aliphatic heterocycles. The number of hydrogen-bond acceptors (Lipinski definition) is 4. The molecule has 25 heavy (non-hydrogen) atoms. The minimum absolute atomic E-state index is 0.0363. The Kier molecular flexibility index (Phi) is 4.45. The Balaban J connectivity index is 1.67. The number of carbonyl (C=O) groups is 1. The van der Waals surface area contributed by atoms with Crippen molar-refractivity contribution in [3.63, 3.8) is 0 Å². The molecule has 0 amide bonds. The van der Waals surface area contributed by atoms with Crippen LogP contribution in [0.3, 0.4) is 0 Å². The Morgan fingerprint density at radius 1 is 1.16 bits per heavy atom. The Hall–Kier alpha value is 0.0700. The van der Waals surface area contributed by atoms with Gasteiger partial charge in [0.2, 0.25) is 0 Å². The van der Waals surface area contributed by atoms with E-state index in [0.29, 0.717) is 35.7 Å². The van der Waals surface area contributed by atoms with E-state index in [-0.39, 0.29) is 16.1 Å². The van der Waals surface area contributed by atoms with Crippen LogP contribution in [0, 0.1) is 28.6 Å². The fraction of sp³-hybridized carbons (Fsp3) is 0.857. The fourth-order valence-electron chi connectivity index (χ4n) is 7.31. The smallest absolute Gasteiger partial charge is 0.155 e. The van der Waals surface area contributed by atoms with E-state index < -0.39 is 5.60 Å². The Morgan fingerprint density at radius 3 is 2.60 bits per heavy atom. The maximum Gasteiger partial charge on any atom is 0.155 e. The third-order valence-electron chi connectivity index (χ3n) is 8.90. The molecule has 7 atom stereocenters. The Bertz CT molecular complexity index is 617. The molecule has 2 nitrogen and oxygen atoms in total. The third-order valence-corrected chi connectivity index (χ3v) is 10.2. The van der Waals surface area contributed by atoms with Crippen LogP contribution < -0.4 is 0 Å². The first-order valence-corrected chi connectivity index (χ1v) is 11.2. The van der Waals surface area contributed by atoms with Gasteiger partial charge in [0.25, 0.3) is 0 Å². The second-order valence-electron chi connectivity index (χ2n) is 9.59. The number of aliphatic hydroxyl groups is 1. The number of thiol groups is 2. The highest BCUT2D eigenvalue weighted by Gasteiger charge is 2.65. The first-order chi connectivity index (χ1) is 11.8. The summed E-state index contributed by atoms with van der Waals surface area (Å²) in [6.45, 7) is 4.74. The molecule has 4 heteroatoms. The molecule has 3 fully saturated rings. The summed E-state index contributed by atoms with van der Waals surface area (Å²) < 4.78 is 0. The lowest BCUT2D eigenvalue weighted by Crippen LogP contribution is -2.58. The van der Waals surface area contributed by atoms with Crippen LogP contribution in [0.2, 0.25) is 0 Å². The number of hydrogen-bond donors (Lipinski definition) is 3. The molecule has 0 heterocycles. The van der Waals surface area contributed by atoms with Gasteiger partial charge in [0.1, 0.15) is 0 Å². The number of rotatable bonds is 2. The van der Waals surface area contributed by atoms with E-state index in [1.807, 2.05) is 6.08 Å². The van der Waals surface area contributed by atoms with Crippen molar-refractivity contribution < 1.29 is 9.90 Å². The average molecular weight is 381 g/mol. The second kappa shape index (κ2) is 6.04. The van der Waals surface area contributed by atoms with Gasteiger partial charge in [0.15, 0.2) is 5.78 Å². The van der Waals surface area contributed by atoms with Gasteiger partial charge >= 0.3 is 0 Å². The molecule has 140 valence electrons. The van der Waals surface area contributed by atoms with Gasteiger partial charge in [-0.15, -0.1) is 0 Å². The monoisotopic (exact) mass is 380 g/mol. The molecule has 4 rings (SSSR count). The molecule has 0 aromatic heterocycles. The number of fused-ring (bicyclic) bond motifs is 5. The zero-order valence-electron chi connectivity index (χ0n) is 15.5. The number of ketones is 1. The zero-order chi connectivity index (χ0) is 18.0. The van der Waals surface area contributed by atoms with Crippen LogP contribution in [0.5, 0.6) is 0 Å². The average Bonchev–Trinajstić information content (AvgIpc) is 2.87. The molecule has 0 spiro atoms. The quantitative estimate of drug-likeness (QED) is 0.618. The van der Waals surface area contributed by atoms with Gasteiger partial charge in [0, 0.05) is 22.8 Å². The number of allylic oxidation sites excluding steroid dienone is 1. The lowest BCUT2D eigenvalue weighted by molar-refractivity contribution is -0.128. The lowest BCUT2D eigenvalue weighted by Gasteiger charge is -2.59. The molecule has 3 saturated carbocycles. The van der Waals surface area contributed by atoms with Crippen LogP contribution in [0.25, 0.3) is 0 Å². The van der Waals surface area contributed by atoms with Crippen LogP contribution >= 0.6 is 25.3 Å². The summed E-state index contributed by atoms with van der Waals surface area (Å²) in [6.07, 6.45) is 10.2. The second-order valence-corrected chi connectivity index (χ2v) is 10.6. The maximum atomic E-state index is 11.9. The molecule has 4 aliphatic rings. The number of carbonyl (C=O) groups excluding carboxylic acids is 1. The Labute approximate surface area is 163 Å². The highest BCUT2D eigenvalue weighted by Crippen LogP contribution is 2.68. The SMILES string of the molecule is C[C@]12CCC(=O)C=C1CC[C@@H]1[C@H]2CC[C@@]2(C)[C@H]1CCC2(O)C(S)CS. The summed E-state index contributed by atoms with van der Waals surface area (Å²) in [5.41, 5.74) is 0.908. The van der Waals surface area contributed by atoms with E-state index in [9.17, 15) is 9.90 Å². The first-order valence-electron chi connectivity index (χ1n) is 10.0. The van der Waals surface area contributed by atoms with Crippen LogP contribution in [-0.2, 0) is 4.79 Å². The predicted molar refractivity (Wildman–Crippen MR) is 108 cm³/mol. The first kappa shape index (κ1) is 18.4. The fourth-order valence-corrected chi connectivity index (χ4v) is 8.03. The van der Waals surface area contributed by atoms with Gasteiger partial charge in [-0.3, -0.25) is 4.79 Å². The van der Waals surface area contributed by atoms with Crippen molar-refractivity contribution in [3.05, 3.63) is 11.6 Å². The summed E-state index contributed by atoms with van der Waals surface area (Å²) in [7, 11) is 0. The normalized spacial score (nSPS) is 50.5. The van der Waals surface area contributed by atoms with Gasteiger partial charge in [-0.2, -0.15) is 25.3 Å². The van der Waals surface area contributed by atoms with Crippen LogP contribution in [-0.4, -0.2) is 27.5 Å². The molecule has 4 aliphatic carbocycles. The molecular weight excluding hydrogens is 348 g/mol. The van der Waals surface area contributed by atoms with E-state index in [0.717, 1.165) is 32.1 Å². The molecule has 0 aromatic rings. The van der Waals surface area contributed by atoms with E-state index in [1.54, 1.807) is 0 Å². The van der Waals surface area contributed by atoms with E-state index in [1.165, 1.54) is 18.4 Å².